The number of nitrogens with zero attached hydrogens (tertiary/aromatic N) is 5. The third kappa shape index (κ3) is 5.59. The number of fused-ring (bicyclic) bond motifs is 1. The van der Waals surface area contributed by atoms with E-state index in [-0.39, 0.29) is 12.0 Å². The Morgan fingerprint density at radius 1 is 1.00 bits per heavy atom. The average Bonchev–Trinajstić information content (AvgIpc) is 3.36. The van der Waals surface area contributed by atoms with E-state index in [0.29, 0.717) is 48.9 Å². The number of aromatic nitrogens is 4. The molecule has 1 saturated heterocycles. The van der Waals surface area contributed by atoms with Gasteiger partial charge in [-0.3, -0.25) is 9.78 Å². The van der Waals surface area contributed by atoms with Gasteiger partial charge in [-0.2, -0.15) is 0 Å². The zero-order valence-corrected chi connectivity index (χ0v) is 21.7. The van der Waals surface area contributed by atoms with Crippen molar-refractivity contribution in [2.45, 2.75) is 37.8 Å². The van der Waals surface area contributed by atoms with Gasteiger partial charge in [-0.1, -0.05) is 17.4 Å². The minimum Gasteiger partial charge on any atom is -0.393 e. The fourth-order valence-corrected chi connectivity index (χ4v) is 5.65. The van der Waals surface area contributed by atoms with E-state index in [2.05, 4.69) is 20.6 Å². The van der Waals surface area contributed by atoms with E-state index in [4.69, 9.17) is 14.7 Å². The maximum absolute atomic E-state index is 12.9. The molecule has 2 fully saturated rings. The van der Waals surface area contributed by atoms with Gasteiger partial charge in [0.15, 0.2) is 5.13 Å². The zero-order chi connectivity index (χ0) is 25.9. The normalized spacial score (nSPS) is 19.9. The Balaban J connectivity index is 1.17. The summed E-state index contributed by atoms with van der Waals surface area (Å²) in [7, 11) is 0. The molecular weight excluding hydrogens is 502 g/mol. The lowest BCUT2D eigenvalue weighted by Crippen LogP contribution is -2.40. The number of rotatable bonds is 6. The van der Waals surface area contributed by atoms with Crippen LogP contribution in [0.3, 0.4) is 0 Å². The number of ether oxygens (including phenoxy) is 1. The number of thiazole rings is 1. The maximum atomic E-state index is 12.9. The third-order valence-corrected chi connectivity index (χ3v) is 7.75. The van der Waals surface area contributed by atoms with E-state index in [9.17, 15) is 9.90 Å². The second-order valence-electron chi connectivity index (χ2n) is 9.59. The molecule has 38 heavy (non-hydrogen) atoms. The van der Waals surface area contributed by atoms with Crippen molar-refractivity contribution in [2.75, 3.05) is 36.9 Å². The maximum Gasteiger partial charge on any atom is 0.255 e. The highest BCUT2D eigenvalue weighted by molar-refractivity contribution is 7.21. The first kappa shape index (κ1) is 24.7. The minimum atomic E-state index is -0.181. The van der Waals surface area contributed by atoms with Crippen LogP contribution in [0.25, 0.3) is 21.6 Å². The zero-order valence-electron chi connectivity index (χ0n) is 20.8. The van der Waals surface area contributed by atoms with Crippen molar-refractivity contribution in [3.8, 4) is 11.3 Å². The number of anilines is 3. The Labute approximate surface area is 224 Å². The van der Waals surface area contributed by atoms with Gasteiger partial charge in [0.2, 0.25) is 0 Å². The van der Waals surface area contributed by atoms with Crippen LogP contribution < -0.4 is 10.6 Å². The number of hydrogen-bond donors (Lipinski definition) is 3. The summed E-state index contributed by atoms with van der Waals surface area (Å²) in [5.41, 5.74) is 2.84. The van der Waals surface area contributed by atoms with Gasteiger partial charge < -0.3 is 25.4 Å². The summed E-state index contributed by atoms with van der Waals surface area (Å²) in [5.74, 6) is 1.46. The van der Waals surface area contributed by atoms with Gasteiger partial charge in [-0.15, -0.1) is 0 Å². The molecule has 196 valence electrons. The summed E-state index contributed by atoms with van der Waals surface area (Å²) < 4.78 is 5.35. The Kier molecular flexibility index (Phi) is 7.12. The Bertz CT molecular complexity index is 1430. The number of carbonyl (C=O) groups excluding carboxylic acids is 1. The smallest absolute Gasteiger partial charge is 0.255 e. The van der Waals surface area contributed by atoms with Crippen LogP contribution in [0.15, 0.2) is 48.8 Å². The molecular formula is C27H29N7O3S. The van der Waals surface area contributed by atoms with E-state index in [1.807, 2.05) is 36.4 Å². The molecule has 1 aliphatic carbocycles. The summed E-state index contributed by atoms with van der Waals surface area (Å²) in [6, 6.07) is 11.8. The van der Waals surface area contributed by atoms with Crippen molar-refractivity contribution in [3.63, 3.8) is 0 Å². The van der Waals surface area contributed by atoms with Gasteiger partial charge in [0.1, 0.15) is 22.0 Å². The number of hydrogen-bond acceptors (Lipinski definition) is 10. The first-order valence-electron chi connectivity index (χ1n) is 12.9. The van der Waals surface area contributed by atoms with Gasteiger partial charge in [0.05, 0.1) is 30.6 Å². The minimum absolute atomic E-state index is 0.0432. The summed E-state index contributed by atoms with van der Waals surface area (Å²) in [4.78, 5) is 33.9. The number of morpholine rings is 1. The lowest BCUT2D eigenvalue weighted by atomic mass is 9.93. The van der Waals surface area contributed by atoms with Crippen LogP contribution in [-0.4, -0.2) is 74.3 Å². The molecule has 3 N–H and O–H groups in total. The van der Waals surface area contributed by atoms with Crippen LogP contribution in [0.2, 0.25) is 0 Å². The molecule has 2 aliphatic rings. The molecule has 0 unspecified atom stereocenters. The lowest BCUT2D eigenvalue weighted by Gasteiger charge is -2.26. The molecule has 0 bridgehead atoms. The highest BCUT2D eigenvalue weighted by Gasteiger charge is 2.21. The van der Waals surface area contributed by atoms with Crippen molar-refractivity contribution in [1.82, 2.24) is 24.8 Å². The summed E-state index contributed by atoms with van der Waals surface area (Å²) in [6.07, 6.45) is 6.65. The molecule has 0 radical (unpaired) electrons. The van der Waals surface area contributed by atoms with Crippen LogP contribution in [0.5, 0.6) is 0 Å². The molecule has 1 aliphatic heterocycles. The fraction of sp³-hybridized carbons (Fsp3) is 0.370. The number of carbonyl (C=O) groups is 1. The summed E-state index contributed by atoms with van der Waals surface area (Å²) >= 11 is 1.44. The first-order valence-corrected chi connectivity index (χ1v) is 13.7. The third-order valence-electron chi connectivity index (χ3n) is 6.87. The fourth-order valence-electron chi connectivity index (χ4n) is 4.80. The molecule has 0 spiro atoms. The Morgan fingerprint density at radius 2 is 1.82 bits per heavy atom. The van der Waals surface area contributed by atoms with Gasteiger partial charge in [-0.25, -0.2) is 15.0 Å². The molecule has 0 atom stereocenters. The number of aliphatic hydroxyl groups excluding tert-OH is 1. The van der Waals surface area contributed by atoms with E-state index in [1.165, 1.54) is 11.3 Å². The summed E-state index contributed by atoms with van der Waals surface area (Å²) in [5, 5.41) is 17.2. The number of aliphatic hydroxyl groups is 1. The van der Waals surface area contributed by atoms with Crippen molar-refractivity contribution in [2.24, 2.45) is 0 Å². The standard InChI is InChI=1S/C27H29N7O3S/c35-20-6-4-19(5-7-20)29-23-2-1-3-24(32-23)33-27-31-22-9-8-21(30-25(22)38-27)17-14-18(16-28-15-17)26(36)34-10-12-37-13-11-34/h1-3,8-9,14-16,19-20,35H,4-7,10-13H2,(H2,29,31,32,33). The van der Waals surface area contributed by atoms with Gasteiger partial charge in [0.25, 0.3) is 5.91 Å². The van der Waals surface area contributed by atoms with E-state index in [0.717, 1.165) is 53.1 Å². The number of pyridine rings is 3. The van der Waals surface area contributed by atoms with Crippen molar-refractivity contribution >= 4 is 44.4 Å². The molecule has 4 aromatic heterocycles. The largest absolute Gasteiger partial charge is 0.393 e. The lowest BCUT2D eigenvalue weighted by molar-refractivity contribution is 0.0302. The van der Waals surface area contributed by atoms with Crippen molar-refractivity contribution < 1.29 is 14.6 Å². The van der Waals surface area contributed by atoms with Crippen molar-refractivity contribution in [1.29, 1.82) is 0 Å². The summed E-state index contributed by atoms with van der Waals surface area (Å²) in [6.45, 7) is 2.28. The highest BCUT2D eigenvalue weighted by Crippen LogP contribution is 2.30. The topological polar surface area (TPSA) is 125 Å². The number of amides is 1. The first-order chi connectivity index (χ1) is 18.6. The number of nitrogens with one attached hydrogen (secondary N) is 2. The quantitative estimate of drug-likeness (QED) is 0.337. The second kappa shape index (κ2) is 11.0. The molecule has 1 amide bonds. The van der Waals surface area contributed by atoms with Crippen molar-refractivity contribution in [3.05, 3.63) is 54.4 Å². The van der Waals surface area contributed by atoms with E-state index < -0.39 is 0 Å². The van der Waals surface area contributed by atoms with Gasteiger partial charge in [-0.05, 0) is 56.0 Å². The van der Waals surface area contributed by atoms with Crippen LogP contribution in [0.1, 0.15) is 36.0 Å². The predicted octanol–water partition coefficient (Wildman–Crippen LogP) is 4.08. The Morgan fingerprint density at radius 3 is 2.66 bits per heavy atom. The highest BCUT2D eigenvalue weighted by atomic mass is 32.1. The molecule has 4 aromatic rings. The molecule has 10 nitrogen and oxygen atoms in total. The van der Waals surface area contributed by atoms with Crippen LogP contribution in [0, 0.1) is 0 Å². The van der Waals surface area contributed by atoms with Gasteiger partial charge in [0, 0.05) is 37.1 Å². The molecule has 6 rings (SSSR count). The second-order valence-corrected chi connectivity index (χ2v) is 10.6. The van der Waals surface area contributed by atoms with Crippen LogP contribution >= 0.6 is 11.3 Å². The average molecular weight is 532 g/mol. The molecule has 0 aromatic carbocycles. The van der Waals surface area contributed by atoms with E-state index in [1.54, 1.807) is 17.3 Å². The molecule has 1 saturated carbocycles. The SMILES string of the molecule is O=C(c1cncc(-c2ccc3nc(Nc4cccc(NC5CCC(O)CC5)n4)sc3n2)c1)N1CCOCC1. The molecule has 11 heteroatoms. The van der Waals surface area contributed by atoms with E-state index >= 15 is 0 Å². The Hall–Kier alpha value is -3.67. The van der Waals surface area contributed by atoms with Gasteiger partial charge >= 0.3 is 0 Å². The predicted molar refractivity (Wildman–Crippen MR) is 147 cm³/mol. The van der Waals surface area contributed by atoms with Crippen LogP contribution in [0.4, 0.5) is 16.8 Å². The van der Waals surface area contributed by atoms with Crippen LogP contribution in [-0.2, 0) is 4.74 Å². The monoisotopic (exact) mass is 531 g/mol. The molecule has 5 heterocycles.